The van der Waals surface area contributed by atoms with Gasteiger partial charge in [-0.3, -0.25) is 0 Å². The van der Waals surface area contributed by atoms with E-state index in [1.165, 1.54) is 11.3 Å². The second kappa shape index (κ2) is 6.38. The predicted molar refractivity (Wildman–Crippen MR) is 84.3 cm³/mol. The van der Waals surface area contributed by atoms with E-state index >= 15 is 0 Å². The Balaban J connectivity index is 1.94. The quantitative estimate of drug-likeness (QED) is 0.697. The van der Waals surface area contributed by atoms with E-state index in [9.17, 15) is 0 Å². The van der Waals surface area contributed by atoms with E-state index in [4.69, 9.17) is 27.9 Å². The number of nitrogens with zero attached hydrogens (tertiary/aromatic N) is 1. The first-order valence-corrected chi connectivity index (χ1v) is 7.10. The zero-order valence-corrected chi connectivity index (χ0v) is 13.1. The molecule has 0 N–H and O–H groups in total. The molecule has 1 aromatic heterocycles. The van der Waals surface area contributed by atoms with Crippen molar-refractivity contribution in [2.24, 2.45) is 0 Å². The van der Waals surface area contributed by atoms with Crippen molar-refractivity contribution in [3.63, 3.8) is 0 Å². The summed E-state index contributed by atoms with van der Waals surface area (Å²) in [6, 6.07) is 7.46. The molecule has 0 aliphatic carbocycles. The van der Waals surface area contributed by atoms with Crippen molar-refractivity contribution >= 4 is 23.2 Å². The molecule has 2 aromatic rings. The zero-order valence-electron chi connectivity index (χ0n) is 11.6. The highest BCUT2D eigenvalue weighted by Crippen LogP contribution is 2.22. The lowest BCUT2D eigenvalue weighted by Crippen LogP contribution is -2.04. The average molecular weight is 310 g/mol. The minimum atomic E-state index is 0.397. The monoisotopic (exact) mass is 309 g/mol. The third-order valence-electron chi connectivity index (χ3n) is 3.30. The topological polar surface area (TPSA) is 14.2 Å². The lowest BCUT2D eigenvalue weighted by atomic mass is 10.2. The van der Waals surface area contributed by atoms with Crippen molar-refractivity contribution in [1.82, 2.24) is 4.57 Å². The third-order valence-corrected chi connectivity index (χ3v) is 3.89. The maximum absolute atomic E-state index is 6.10. The molecule has 0 spiro atoms. The van der Waals surface area contributed by atoms with E-state index in [1.807, 2.05) is 12.3 Å². The first kappa shape index (κ1) is 15.0. The molecule has 0 unspecified atom stereocenters. The van der Waals surface area contributed by atoms with Gasteiger partial charge in [-0.25, -0.2) is 0 Å². The molecule has 0 atom stereocenters. The number of halogens is 2. The summed E-state index contributed by atoms with van der Waals surface area (Å²) in [7, 11) is 0. The minimum Gasteiger partial charge on any atom is -0.492 e. The number of hydrogen-bond acceptors (Lipinski definition) is 1. The fourth-order valence-corrected chi connectivity index (χ4v) is 2.35. The van der Waals surface area contributed by atoms with Crippen LogP contribution in [0.15, 0.2) is 42.8 Å². The molecular weight excluding hydrogens is 293 g/mol. The molecule has 0 aliphatic heterocycles. The van der Waals surface area contributed by atoms with Gasteiger partial charge in [-0.1, -0.05) is 35.8 Å². The van der Waals surface area contributed by atoms with Crippen molar-refractivity contribution < 1.29 is 4.74 Å². The van der Waals surface area contributed by atoms with Gasteiger partial charge in [-0.05, 0) is 37.6 Å². The SMILES string of the molecule is C=C(Cn1ccc(C)c1C)OCc1ccc(Cl)cc1Cl. The van der Waals surface area contributed by atoms with Gasteiger partial charge in [0.15, 0.2) is 0 Å². The van der Waals surface area contributed by atoms with E-state index in [-0.39, 0.29) is 0 Å². The molecule has 106 valence electrons. The van der Waals surface area contributed by atoms with Crippen LogP contribution < -0.4 is 0 Å². The number of aryl methyl sites for hydroxylation is 1. The van der Waals surface area contributed by atoms with Gasteiger partial charge in [0.05, 0.1) is 6.54 Å². The van der Waals surface area contributed by atoms with Gasteiger partial charge in [0.2, 0.25) is 0 Å². The first-order chi connectivity index (χ1) is 9.47. The maximum Gasteiger partial charge on any atom is 0.114 e. The number of ether oxygens (including phenoxy) is 1. The Morgan fingerprint density at radius 2 is 2.00 bits per heavy atom. The Labute approximate surface area is 129 Å². The molecular formula is C16H17Cl2NO. The van der Waals surface area contributed by atoms with Crippen LogP contribution >= 0.6 is 23.2 Å². The van der Waals surface area contributed by atoms with Gasteiger partial charge in [0.1, 0.15) is 12.4 Å². The van der Waals surface area contributed by atoms with E-state index in [2.05, 4.69) is 31.1 Å². The Kier molecular flexibility index (Phi) is 4.79. The van der Waals surface area contributed by atoms with Crippen molar-refractivity contribution in [2.45, 2.75) is 27.0 Å². The van der Waals surface area contributed by atoms with E-state index < -0.39 is 0 Å². The molecule has 1 heterocycles. The molecule has 2 rings (SSSR count). The second-order valence-electron chi connectivity index (χ2n) is 4.78. The normalized spacial score (nSPS) is 10.6. The number of benzene rings is 1. The summed E-state index contributed by atoms with van der Waals surface area (Å²) in [5, 5.41) is 1.23. The van der Waals surface area contributed by atoms with Crippen molar-refractivity contribution in [3.8, 4) is 0 Å². The number of allylic oxidation sites excluding steroid dienone is 1. The van der Waals surface area contributed by atoms with Crippen molar-refractivity contribution in [1.29, 1.82) is 0 Å². The van der Waals surface area contributed by atoms with Crippen molar-refractivity contribution in [3.05, 3.63) is 69.7 Å². The standard InChI is InChI=1S/C16H17Cl2NO/c1-11-6-7-19(13(11)3)9-12(2)20-10-14-4-5-15(17)8-16(14)18/h4-8H,2,9-10H2,1,3H3. The van der Waals surface area contributed by atoms with Gasteiger partial charge in [-0.2, -0.15) is 0 Å². The van der Waals surface area contributed by atoms with Crippen LogP contribution in [0.2, 0.25) is 10.0 Å². The Morgan fingerprint density at radius 3 is 2.60 bits per heavy atom. The van der Waals surface area contributed by atoms with Crippen LogP contribution in [0.5, 0.6) is 0 Å². The molecule has 2 nitrogen and oxygen atoms in total. The summed E-state index contributed by atoms with van der Waals surface area (Å²) in [6.07, 6.45) is 2.04. The molecule has 0 bridgehead atoms. The first-order valence-electron chi connectivity index (χ1n) is 6.34. The van der Waals surface area contributed by atoms with Gasteiger partial charge < -0.3 is 9.30 Å². The molecule has 0 saturated carbocycles. The zero-order chi connectivity index (χ0) is 14.7. The van der Waals surface area contributed by atoms with Crippen molar-refractivity contribution in [2.75, 3.05) is 0 Å². The summed E-state index contributed by atoms with van der Waals surface area (Å²) in [6.45, 7) is 9.16. The highest BCUT2D eigenvalue weighted by Gasteiger charge is 2.05. The molecule has 20 heavy (non-hydrogen) atoms. The lowest BCUT2D eigenvalue weighted by molar-refractivity contribution is 0.186. The summed E-state index contributed by atoms with van der Waals surface area (Å²) in [5.41, 5.74) is 3.38. The molecule has 0 saturated heterocycles. The van der Waals surface area contributed by atoms with Crippen LogP contribution in [-0.2, 0) is 17.9 Å². The summed E-state index contributed by atoms with van der Waals surface area (Å²) >= 11 is 12.0. The lowest BCUT2D eigenvalue weighted by Gasteiger charge is -2.12. The summed E-state index contributed by atoms with van der Waals surface area (Å²) < 4.78 is 7.79. The molecule has 4 heteroatoms. The molecule has 0 radical (unpaired) electrons. The molecule has 1 aromatic carbocycles. The summed E-state index contributed by atoms with van der Waals surface area (Å²) in [5.74, 6) is 0.703. The fourth-order valence-electron chi connectivity index (χ4n) is 1.89. The van der Waals surface area contributed by atoms with Gasteiger partial charge in [0.25, 0.3) is 0 Å². The molecule has 0 aliphatic rings. The van der Waals surface area contributed by atoms with Crippen LogP contribution in [0.1, 0.15) is 16.8 Å². The van der Waals surface area contributed by atoms with E-state index in [1.54, 1.807) is 12.1 Å². The molecule has 0 amide bonds. The van der Waals surface area contributed by atoms with Crippen LogP contribution in [0.25, 0.3) is 0 Å². The van der Waals surface area contributed by atoms with Gasteiger partial charge in [0, 0.05) is 27.5 Å². The Morgan fingerprint density at radius 1 is 1.25 bits per heavy atom. The Hall–Kier alpha value is -1.38. The minimum absolute atomic E-state index is 0.397. The van der Waals surface area contributed by atoms with E-state index in [0.717, 1.165) is 5.56 Å². The van der Waals surface area contributed by atoms with Crippen LogP contribution in [0.3, 0.4) is 0 Å². The smallest absolute Gasteiger partial charge is 0.114 e. The van der Waals surface area contributed by atoms with Gasteiger partial charge >= 0.3 is 0 Å². The summed E-state index contributed by atoms with van der Waals surface area (Å²) in [4.78, 5) is 0. The highest BCUT2D eigenvalue weighted by atomic mass is 35.5. The number of rotatable bonds is 5. The highest BCUT2D eigenvalue weighted by molar-refractivity contribution is 6.35. The van der Waals surface area contributed by atoms with Crippen LogP contribution in [-0.4, -0.2) is 4.57 Å². The van der Waals surface area contributed by atoms with E-state index in [0.29, 0.717) is 29.0 Å². The third kappa shape index (κ3) is 3.59. The fraction of sp³-hybridized carbons (Fsp3) is 0.250. The Bertz CT molecular complexity index is 631. The molecule has 0 fully saturated rings. The number of hydrogen-bond donors (Lipinski definition) is 0. The van der Waals surface area contributed by atoms with Crippen LogP contribution in [0, 0.1) is 13.8 Å². The number of aromatic nitrogens is 1. The largest absolute Gasteiger partial charge is 0.492 e. The van der Waals surface area contributed by atoms with Gasteiger partial charge in [-0.15, -0.1) is 0 Å². The average Bonchev–Trinajstić information content (AvgIpc) is 2.70. The van der Waals surface area contributed by atoms with Crippen LogP contribution in [0.4, 0.5) is 0 Å². The predicted octanol–water partition coefficient (Wildman–Crippen LogP) is 5.14. The second-order valence-corrected chi connectivity index (χ2v) is 5.62. The maximum atomic E-state index is 6.10.